The fraction of sp³-hybridized carbons (Fsp3) is 0.333. The monoisotopic (exact) mass is 285 g/mol. The Morgan fingerprint density at radius 3 is 2.48 bits per heavy atom. The molecule has 1 aliphatic rings. The third kappa shape index (κ3) is 2.99. The van der Waals surface area contributed by atoms with Crippen LogP contribution in [0.4, 0.5) is 4.39 Å². The van der Waals surface area contributed by atoms with Crippen LogP contribution in [-0.4, -0.2) is 23.2 Å². The Hall–Kier alpha value is -1.71. The first-order valence-electron chi connectivity index (χ1n) is 7.46. The lowest BCUT2D eigenvalue weighted by molar-refractivity contribution is 0.112. The smallest absolute Gasteiger partial charge is 0.123 e. The Morgan fingerprint density at radius 1 is 1.10 bits per heavy atom. The molecule has 0 radical (unpaired) electrons. The van der Waals surface area contributed by atoms with E-state index in [1.807, 2.05) is 30.3 Å². The minimum Gasteiger partial charge on any atom is -0.394 e. The van der Waals surface area contributed by atoms with Gasteiger partial charge in [-0.2, -0.15) is 0 Å². The van der Waals surface area contributed by atoms with Crippen molar-refractivity contribution in [1.82, 2.24) is 4.90 Å². The Bertz CT molecular complexity index is 570. The lowest BCUT2D eigenvalue weighted by Gasteiger charge is -2.32. The van der Waals surface area contributed by atoms with Crippen molar-refractivity contribution >= 4 is 0 Å². The van der Waals surface area contributed by atoms with Gasteiger partial charge in [-0.1, -0.05) is 42.5 Å². The molecular formula is C18H20FNO. The van der Waals surface area contributed by atoms with Gasteiger partial charge in [0.1, 0.15) is 5.82 Å². The van der Waals surface area contributed by atoms with Crippen LogP contribution in [0.1, 0.15) is 36.1 Å². The fourth-order valence-corrected chi connectivity index (χ4v) is 3.28. The molecule has 21 heavy (non-hydrogen) atoms. The third-order valence-corrected chi connectivity index (χ3v) is 4.31. The van der Waals surface area contributed by atoms with Crippen molar-refractivity contribution < 1.29 is 9.50 Å². The van der Waals surface area contributed by atoms with Gasteiger partial charge in [0.15, 0.2) is 0 Å². The minimum absolute atomic E-state index is 0.00348. The number of halogens is 1. The number of likely N-dealkylation sites (tertiary alicyclic amines) is 1. The van der Waals surface area contributed by atoms with Gasteiger partial charge in [0.2, 0.25) is 0 Å². The number of benzene rings is 2. The van der Waals surface area contributed by atoms with Crippen LogP contribution in [0.5, 0.6) is 0 Å². The van der Waals surface area contributed by atoms with Crippen LogP contribution < -0.4 is 0 Å². The molecule has 2 atom stereocenters. The Labute approximate surface area is 124 Å². The summed E-state index contributed by atoms with van der Waals surface area (Å²) in [5, 5.41) is 9.85. The summed E-state index contributed by atoms with van der Waals surface area (Å²) < 4.78 is 13.1. The van der Waals surface area contributed by atoms with Crippen LogP contribution in [0.3, 0.4) is 0 Å². The lowest BCUT2D eigenvalue weighted by atomic mass is 10.0. The summed E-state index contributed by atoms with van der Waals surface area (Å²) in [6, 6.07) is 17.1. The van der Waals surface area contributed by atoms with Crippen molar-refractivity contribution in [3.63, 3.8) is 0 Å². The molecule has 3 rings (SSSR count). The first kappa shape index (κ1) is 14.2. The first-order valence-corrected chi connectivity index (χ1v) is 7.46. The molecule has 1 saturated heterocycles. The van der Waals surface area contributed by atoms with E-state index >= 15 is 0 Å². The van der Waals surface area contributed by atoms with Crippen molar-refractivity contribution in [2.24, 2.45) is 0 Å². The van der Waals surface area contributed by atoms with Crippen molar-refractivity contribution in [2.75, 3.05) is 13.2 Å². The summed E-state index contributed by atoms with van der Waals surface area (Å²) in [5.74, 6) is -0.204. The first-order chi connectivity index (χ1) is 10.3. The average molecular weight is 285 g/mol. The molecule has 0 saturated carbocycles. The summed E-state index contributed by atoms with van der Waals surface area (Å²) in [4.78, 5) is 2.34. The lowest BCUT2D eigenvalue weighted by Crippen LogP contribution is -2.30. The Kier molecular flexibility index (Phi) is 4.32. The van der Waals surface area contributed by atoms with Crippen molar-refractivity contribution in [3.05, 3.63) is 71.5 Å². The number of rotatable bonds is 4. The van der Waals surface area contributed by atoms with Crippen LogP contribution in [0.25, 0.3) is 0 Å². The fourth-order valence-electron chi connectivity index (χ4n) is 3.28. The van der Waals surface area contributed by atoms with E-state index in [1.165, 1.54) is 12.1 Å². The molecule has 1 heterocycles. The van der Waals surface area contributed by atoms with Gasteiger partial charge in [-0.15, -0.1) is 0 Å². The highest BCUT2D eigenvalue weighted by atomic mass is 19.1. The van der Waals surface area contributed by atoms with Gasteiger partial charge in [0.05, 0.1) is 12.6 Å². The number of hydrogen-bond donors (Lipinski definition) is 1. The zero-order valence-electron chi connectivity index (χ0n) is 12.0. The summed E-state index contributed by atoms with van der Waals surface area (Å²) in [6.45, 7) is 1.06. The topological polar surface area (TPSA) is 23.5 Å². The van der Waals surface area contributed by atoms with Crippen molar-refractivity contribution in [3.8, 4) is 0 Å². The second kappa shape index (κ2) is 6.37. The normalized spacial score (nSPS) is 20.6. The maximum atomic E-state index is 13.1. The van der Waals surface area contributed by atoms with Crippen LogP contribution in [0, 0.1) is 5.82 Å². The van der Waals surface area contributed by atoms with Gasteiger partial charge in [0, 0.05) is 6.04 Å². The molecule has 3 heteroatoms. The molecule has 2 nitrogen and oxygen atoms in total. The molecule has 110 valence electrons. The van der Waals surface area contributed by atoms with Gasteiger partial charge < -0.3 is 5.11 Å². The maximum absolute atomic E-state index is 13.1. The Morgan fingerprint density at radius 2 is 1.81 bits per heavy atom. The molecule has 1 fully saturated rings. The predicted octanol–water partition coefficient (Wildman–Crippen LogP) is 3.70. The largest absolute Gasteiger partial charge is 0.394 e. The van der Waals surface area contributed by atoms with Gasteiger partial charge in [-0.25, -0.2) is 4.39 Å². The molecular weight excluding hydrogens is 265 g/mol. The minimum atomic E-state index is -0.204. The highest BCUT2D eigenvalue weighted by Crippen LogP contribution is 2.38. The number of aliphatic hydroxyl groups excluding tert-OH is 1. The molecule has 0 unspecified atom stereocenters. The van der Waals surface area contributed by atoms with Crippen molar-refractivity contribution in [2.45, 2.75) is 24.9 Å². The molecule has 2 aromatic carbocycles. The molecule has 1 N–H and O–H groups in total. The van der Waals surface area contributed by atoms with Crippen molar-refractivity contribution in [1.29, 1.82) is 0 Å². The Balaban J connectivity index is 1.87. The second-order valence-corrected chi connectivity index (χ2v) is 5.56. The second-order valence-electron chi connectivity index (χ2n) is 5.56. The zero-order chi connectivity index (χ0) is 14.7. The van der Waals surface area contributed by atoms with Crippen LogP contribution in [-0.2, 0) is 0 Å². The van der Waals surface area contributed by atoms with Gasteiger partial charge in [0.25, 0.3) is 0 Å². The standard InChI is InChI=1S/C18H20FNO/c19-16-10-8-15(9-11-16)17-7-4-12-20(17)18(13-21)14-5-2-1-3-6-14/h1-3,5-6,8-11,17-18,21H,4,7,12-13H2/t17-,18-/m0/s1. The predicted molar refractivity (Wildman–Crippen MR) is 81.3 cm³/mol. The van der Waals surface area contributed by atoms with E-state index in [2.05, 4.69) is 17.0 Å². The number of hydrogen-bond acceptors (Lipinski definition) is 2. The van der Waals surface area contributed by atoms with E-state index < -0.39 is 0 Å². The quantitative estimate of drug-likeness (QED) is 0.926. The molecule has 2 aromatic rings. The van der Waals surface area contributed by atoms with E-state index in [1.54, 1.807) is 0 Å². The van der Waals surface area contributed by atoms with E-state index in [4.69, 9.17) is 0 Å². The van der Waals surface area contributed by atoms with Crippen LogP contribution in [0.15, 0.2) is 54.6 Å². The molecule has 1 aliphatic heterocycles. The summed E-state index contributed by atoms with van der Waals surface area (Å²) >= 11 is 0. The maximum Gasteiger partial charge on any atom is 0.123 e. The van der Waals surface area contributed by atoms with E-state index in [-0.39, 0.29) is 24.5 Å². The number of nitrogens with zero attached hydrogens (tertiary/aromatic N) is 1. The van der Waals surface area contributed by atoms with Gasteiger partial charge in [-0.3, -0.25) is 4.90 Å². The zero-order valence-corrected chi connectivity index (χ0v) is 12.0. The molecule has 0 bridgehead atoms. The van der Waals surface area contributed by atoms with Gasteiger partial charge >= 0.3 is 0 Å². The SMILES string of the molecule is OC[C@@H](c1ccccc1)N1CCC[C@H]1c1ccc(F)cc1. The highest BCUT2D eigenvalue weighted by Gasteiger charge is 2.32. The third-order valence-electron chi connectivity index (χ3n) is 4.31. The average Bonchev–Trinajstić information content (AvgIpc) is 2.99. The van der Waals surface area contributed by atoms with E-state index in [0.29, 0.717) is 0 Å². The molecule has 0 aliphatic carbocycles. The number of aliphatic hydroxyl groups is 1. The summed E-state index contributed by atoms with van der Waals surface area (Å²) in [6.07, 6.45) is 2.15. The van der Waals surface area contributed by atoms with E-state index in [0.717, 1.165) is 30.5 Å². The molecule has 0 spiro atoms. The van der Waals surface area contributed by atoms with Crippen LogP contribution in [0.2, 0.25) is 0 Å². The summed E-state index contributed by atoms with van der Waals surface area (Å²) in [7, 11) is 0. The van der Waals surface area contributed by atoms with Gasteiger partial charge in [-0.05, 0) is 42.6 Å². The molecule has 0 amide bonds. The summed E-state index contributed by atoms with van der Waals surface area (Å²) in [5.41, 5.74) is 2.26. The van der Waals surface area contributed by atoms with Crippen LogP contribution >= 0.6 is 0 Å². The highest BCUT2D eigenvalue weighted by molar-refractivity contribution is 5.24. The van der Waals surface area contributed by atoms with E-state index in [9.17, 15) is 9.50 Å². The molecule has 0 aromatic heterocycles.